The Labute approximate surface area is 86.7 Å². The number of aromatic nitrogens is 2. The highest BCUT2D eigenvalue weighted by atomic mass is 35.5. The smallest absolute Gasteiger partial charge is 0.420 e. The molecule has 0 aliphatic rings. The second-order valence-corrected chi connectivity index (χ2v) is 3.32. The van der Waals surface area contributed by atoms with Crippen LogP contribution >= 0.6 is 11.6 Å². The molecule has 2 heterocycles. The molecule has 0 fully saturated rings. The first-order chi connectivity index (χ1) is 6.91. The number of halogens is 4. The maximum absolute atomic E-state index is 12.5. The van der Waals surface area contributed by atoms with Crippen molar-refractivity contribution in [2.75, 3.05) is 0 Å². The van der Waals surface area contributed by atoms with E-state index < -0.39 is 11.7 Å². The average molecular weight is 237 g/mol. The molecular weight excluding hydrogens is 233 g/mol. The van der Waals surface area contributed by atoms with E-state index in [9.17, 15) is 18.4 Å². The van der Waals surface area contributed by atoms with Crippen LogP contribution in [0.4, 0.5) is 13.2 Å². The fourth-order valence-corrected chi connectivity index (χ4v) is 1.59. The molecule has 0 radical (unpaired) electrons. The molecule has 7 heteroatoms. The number of pyridine rings is 1. The predicted octanol–water partition coefficient (Wildman–Crippen LogP) is 2.47. The summed E-state index contributed by atoms with van der Waals surface area (Å²) in [5, 5.41) is 10.7. The second-order valence-electron chi connectivity index (χ2n) is 2.91. The molecule has 0 aliphatic heterocycles. The molecule has 0 aliphatic carbocycles. The van der Waals surface area contributed by atoms with Crippen LogP contribution in [0.1, 0.15) is 5.56 Å². The SMILES string of the molecule is [O-][n+]1ccc(Cl)c2c(C(F)(F)F)c[nH]c21. The van der Waals surface area contributed by atoms with E-state index in [0.29, 0.717) is 4.73 Å². The highest BCUT2D eigenvalue weighted by molar-refractivity contribution is 6.35. The standard InChI is InChI=1S/C8H4ClF3N2O/c9-5-1-2-14(15)7-6(5)4(3-13-7)8(10,11)12/h1-3,13H. The highest BCUT2D eigenvalue weighted by Crippen LogP contribution is 2.36. The summed E-state index contributed by atoms with van der Waals surface area (Å²) in [5.41, 5.74) is -1.14. The van der Waals surface area contributed by atoms with Crippen molar-refractivity contribution < 1.29 is 17.9 Å². The van der Waals surface area contributed by atoms with Gasteiger partial charge in [0.05, 0.1) is 16.6 Å². The molecule has 2 aromatic rings. The molecule has 0 bridgehead atoms. The van der Waals surface area contributed by atoms with E-state index in [4.69, 9.17) is 11.6 Å². The number of nitrogens with one attached hydrogen (secondary N) is 1. The van der Waals surface area contributed by atoms with Gasteiger partial charge in [0.1, 0.15) is 11.8 Å². The van der Waals surface area contributed by atoms with E-state index in [-0.39, 0.29) is 16.1 Å². The fourth-order valence-electron chi connectivity index (χ4n) is 1.34. The lowest BCUT2D eigenvalue weighted by atomic mass is 10.2. The zero-order valence-electron chi connectivity index (χ0n) is 7.10. The molecule has 0 saturated heterocycles. The lowest BCUT2D eigenvalue weighted by Gasteiger charge is -2.05. The zero-order chi connectivity index (χ0) is 11.2. The van der Waals surface area contributed by atoms with Crippen molar-refractivity contribution in [1.82, 2.24) is 4.98 Å². The third-order valence-electron chi connectivity index (χ3n) is 1.98. The number of nitrogens with zero attached hydrogens (tertiary/aromatic N) is 1. The summed E-state index contributed by atoms with van der Waals surface area (Å²) in [7, 11) is 0. The van der Waals surface area contributed by atoms with Gasteiger partial charge in [-0.2, -0.15) is 13.2 Å². The molecular formula is C8H4ClF3N2O. The molecule has 0 spiro atoms. The number of hydrogen-bond donors (Lipinski definition) is 1. The van der Waals surface area contributed by atoms with Crippen LogP contribution in [-0.4, -0.2) is 4.98 Å². The Hall–Kier alpha value is -1.43. The van der Waals surface area contributed by atoms with Crippen molar-refractivity contribution in [2.24, 2.45) is 0 Å². The minimum atomic E-state index is -4.53. The minimum absolute atomic E-state index is 0.106. The monoisotopic (exact) mass is 236 g/mol. The van der Waals surface area contributed by atoms with E-state index in [1.165, 1.54) is 0 Å². The van der Waals surface area contributed by atoms with Crippen LogP contribution in [0.15, 0.2) is 18.5 Å². The van der Waals surface area contributed by atoms with Crippen LogP contribution < -0.4 is 4.73 Å². The van der Waals surface area contributed by atoms with E-state index in [1.807, 2.05) is 0 Å². The van der Waals surface area contributed by atoms with E-state index >= 15 is 0 Å². The summed E-state index contributed by atoms with van der Waals surface area (Å²) >= 11 is 5.61. The van der Waals surface area contributed by atoms with Crippen molar-refractivity contribution in [3.63, 3.8) is 0 Å². The first-order valence-corrected chi connectivity index (χ1v) is 4.25. The largest absolute Gasteiger partial charge is 0.711 e. The molecule has 0 aromatic carbocycles. The van der Waals surface area contributed by atoms with Gasteiger partial charge in [0.2, 0.25) is 0 Å². The maximum Gasteiger partial charge on any atom is 0.420 e. The summed E-state index contributed by atoms with van der Waals surface area (Å²) in [6.45, 7) is 0. The first-order valence-electron chi connectivity index (χ1n) is 3.87. The van der Waals surface area contributed by atoms with Crippen molar-refractivity contribution >= 4 is 22.6 Å². The van der Waals surface area contributed by atoms with Gasteiger partial charge in [-0.1, -0.05) is 11.6 Å². The Morgan fingerprint density at radius 1 is 1.40 bits per heavy atom. The van der Waals surface area contributed by atoms with Crippen LogP contribution in [0.3, 0.4) is 0 Å². The summed E-state index contributed by atoms with van der Waals surface area (Å²) in [6, 6.07) is 1.12. The van der Waals surface area contributed by atoms with Crippen molar-refractivity contribution in [3.05, 3.63) is 34.3 Å². The Bertz CT molecular complexity index is 520. The Morgan fingerprint density at radius 3 is 2.67 bits per heavy atom. The van der Waals surface area contributed by atoms with Crippen molar-refractivity contribution in [3.8, 4) is 0 Å². The molecule has 0 atom stereocenters. The molecule has 2 aromatic heterocycles. The van der Waals surface area contributed by atoms with E-state index in [2.05, 4.69) is 4.98 Å². The van der Waals surface area contributed by atoms with Crippen molar-refractivity contribution in [2.45, 2.75) is 6.18 Å². The Morgan fingerprint density at radius 2 is 2.07 bits per heavy atom. The molecule has 0 unspecified atom stereocenters. The first kappa shape index (κ1) is 10.1. The van der Waals surface area contributed by atoms with Crippen LogP contribution in [0.2, 0.25) is 5.02 Å². The quantitative estimate of drug-likeness (QED) is 0.554. The van der Waals surface area contributed by atoms with Gasteiger partial charge >= 0.3 is 6.18 Å². The number of alkyl halides is 3. The zero-order valence-corrected chi connectivity index (χ0v) is 7.86. The topological polar surface area (TPSA) is 42.7 Å². The number of aromatic amines is 1. The number of H-pyrrole nitrogens is 1. The maximum atomic E-state index is 12.5. The van der Waals surface area contributed by atoms with Gasteiger partial charge in [-0.25, -0.2) is 9.71 Å². The molecule has 15 heavy (non-hydrogen) atoms. The van der Waals surface area contributed by atoms with Crippen LogP contribution in [0.5, 0.6) is 0 Å². The van der Waals surface area contributed by atoms with Gasteiger partial charge in [-0.3, -0.25) is 0 Å². The van der Waals surface area contributed by atoms with Gasteiger partial charge in [0.25, 0.3) is 5.65 Å². The summed E-state index contributed by atoms with van der Waals surface area (Å²) in [4.78, 5) is 2.25. The normalized spacial score (nSPS) is 12.3. The van der Waals surface area contributed by atoms with Crippen molar-refractivity contribution in [1.29, 1.82) is 0 Å². The molecule has 1 N–H and O–H groups in total. The molecule has 3 nitrogen and oxygen atoms in total. The van der Waals surface area contributed by atoms with Gasteiger partial charge in [-0.15, -0.1) is 0 Å². The van der Waals surface area contributed by atoms with Gasteiger partial charge in [-0.05, 0) is 6.07 Å². The van der Waals surface area contributed by atoms with Crippen LogP contribution in [-0.2, 0) is 6.18 Å². The second kappa shape index (κ2) is 3.03. The predicted molar refractivity (Wildman–Crippen MR) is 47.3 cm³/mol. The summed E-state index contributed by atoms with van der Waals surface area (Å²) < 4.78 is 37.7. The van der Waals surface area contributed by atoms with Crippen LogP contribution in [0, 0.1) is 5.21 Å². The summed E-state index contributed by atoms with van der Waals surface area (Å²) in [6.07, 6.45) is -2.76. The fraction of sp³-hybridized carbons (Fsp3) is 0.125. The average Bonchev–Trinajstić information content (AvgIpc) is 2.55. The van der Waals surface area contributed by atoms with Crippen LogP contribution in [0.25, 0.3) is 11.0 Å². The van der Waals surface area contributed by atoms with E-state index in [1.54, 1.807) is 0 Å². The minimum Gasteiger partial charge on any atom is -0.711 e. The van der Waals surface area contributed by atoms with Gasteiger partial charge < -0.3 is 5.21 Å². The number of rotatable bonds is 0. The Kier molecular flexibility index (Phi) is 2.04. The van der Waals surface area contributed by atoms with Gasteiger partial charge in [0.15, 0.2) is 0 Å². The third-order valence-corrected chi connectivity index (χ3v) is 2.30. The lowest BCUT2D eigenvalue weighted by Crippen LogP contribution is -2.26. The summed E-state index contributed by atoms with van der Waals surface area (Å²) in [5.74, 6) is 0. The number of hydrogen-bond acceptors (Lipinski definition) is 1. The third kappa shape index (κ3) is 1.50. The number of fused-ring (bicyclic) bond motifs is 1. The highest BCUT2D eigenvalue weighted by Gasteiger charge is 2.37. The lowest BCUT2D eigenvalue weighted by molar-refractivity contribution is -0.579. The van der Waals surface area contributed by atoms with Gasteiger partial charge in [0, 0.05) is 0 Å². The Balaban J connectivity index is 2.85. The molecule has 80 valence electrons. The molecule has 2 rings (SSSR count). The molecule has 0 saturated carbocycles. The van der Waals surface area contributed by atoms with E-state index in [0.717, 1.165) is 18.5 Å². The molecule has 0 amide bonds.